The summed E-state index contributed by atoms with van der Waals surface area (Å²) in [6.45, 7) is -2.97. The molecule has 0 bridgehead atoms. The maximum absolute atomic E-state index is 13.9. The van der Waals surface area contributed by atoms with Crippen molar-refractivity contribution in [3.8, 4) is 5.75 Å². The topological polar surface area (TPSA) is 85.4 Å². The molecule has 2 aromatic carbocycles. The molecule has 3 aromatic rings. The molecule has 1 amide bonds. The van der Waals surface area contributed by atoms with Crippen molar-refractivity contribution < 1.29 is 35.5 Å². The molecule has 0 radical (unpaired) electrons. The predicted molar refractivity (Wildman–Crippen MR) is 131 cm³/mol. The Bertz CT molecular complexity index is 1380. The summed E-state index contributed by atoms with van der Waals surface area (Å²) in [5.41, 5.74) is 1.00. The van der Waals surface area contributed by atoms with Crippen LogP contribution in [0.2, 0.25) is 0 Å². The molecule has 0 saturated heterocycles. The van der Waals surface area contributed by atoms with E-state index in [1.165, 1.54) is 30.3 Å². The Kier molecular flexibility index (Phi) is 7.14. The van der Waals surface area contributed by atoms with Crippen LogP contribution >= 0.6 is 11.3 Å². The van der Waals surface area contributed by atoms with Crippen LogP contribution in [0.15, 0.2) is 47.4 Å². The van der Waals surface area contributed by atoms with E-state index in [-0.39, 0.29) is 46.2 Å². The molecule has 1 aromatic heterocycles. The number of alkyl halides is 4. The van der Waals surface area contributed by atoms with E-state index in [1.807, 2.05) is 0 Å². The van der Waals surface area contributed by atoms with Gasteiger partial charge >= 0.3 is 6.61 Å². The second kappa shape index (κ2) is 10.2. The zero-order valence-corrected chi connectivity index (χ0v) is 21.1. The number of carbonyl (C=O) groups excluding carboxylic acids is 1. The van der Waals surface area contributed by atoms with Gasteiger partial charge in [-0.3, -0.25) is 4.79 Å². The van der Waals surface area contributed by atoms with E-state index in [9.17, 15) is 30.8 Å². The summed E-state index contributed by atoms with van der Waals surface area (Å²) in [6, 6.07) is 10.3. The number of thiazole rings is 1. The Hall–Kier alpha value is -2.73. The summed E-state index contributed by atoms with van der Waals surface area (Å²) >= 11 is 1.07. The number of fused-ring (bicyclic) bond motifs is 1. The van der Waals surface area contributed by atoms with Crippen LogP contribution in [0.1, 0.15) is 43.6 Å². The highest BCUT2D eigenvalue weighted by molar-refractivity contribution is 7.92. The smallest absolute Gasteiger partial charge is 0.387 e. The van der Waals surface area contributed by atoms with Gasteiger partial charge in [-0.2, -0.15) is 8.78 Å². The van der Waals surface area contributed by atoms with Crippen molar-refractivity contribution in [1.82, 2.24) is 4.98 Å². The number of halogens is 4. The Morgan fingerprint density at radius 2 is 1.76 bits per heavy atom. The molecule has 198 valence electrons. The van der Waals surface area contributed by atoms with E-state index >= 15 is 0 Å². The summed E-state index contributed by atoms with van der Waals surface area (Å²) in [5, 5.41) is 2.59. The molecule has 0 unspecified atom stereocenters. The van der Waals surface area contributed by atoms with Crippen molar-refractivity contribution in [3.05, 3.63) is 48.0 Å². The lowest BCUT2D eigenvalue weighted by Gasteiger charge is -2.20. The molecule has 2 aliphatic carbocycles. The van der Waals surface area contributed by atoms with Gasteiger partial charge in [0.05, 0.1) is 26.3 Å². The minimum absolute atomic E-state index is 0.00708. The zero-order chi connectivity index (χ0) is 26.3. The highest BCUT2D eigenvalue weighted by atomic mass is 32.2. The first-order valence-electron chi connectivity index (χ1n) is 11.9. The quantitative estimate of drug-likeness (QED) is 0.325. The van der Waals surface area contributed by atoms with Crippen molar-refractivity contribution in [3.63, 3.8) is 0 Å². The molecule has 2 saturated carbocycles. The third kappa shape index (κ3) is 5.74. The number of ether oxygens (including phenoxy) is 1. The van der Waals surface area contributed by atoms with Crippen LogP contribution in [-0.2, 0) is 14.6 Å². The molecule has 5 rings (SSSR count). The van der Waals surface area contributed by atoms with Gasteiger partial charge in [0, 0.05) is 0 Å². The number of aromatic nitrogens is 1. The van der Waals surface area contributed by atoms with Crippen molar-refractivity contribution in [1.29, 1.82) is 0 Å². The number of hydrogen-bond acceptors (Lipinski definition) is 6. The predicted octanol–water partition coefficient (Wildman–Crippen LogP) is 6.03. The van der Waals surface area contributed by atoms with Gasteiger partial charge in [0.1, 0.15) is 18.1 Å². The number of rotatable bonds is 9. The maximum atomic E-state index is 13.9. The first-order chi connectivity index (χ1) is 17.6. The van der Waals surface area contributed by atoms with E-state index in [2.05, 4.69) is 15.0 Å². The summed E-state index contributed by atoms with van der Waals surface area (Å²) in [6.07, 6.45) is -1.70. The molecular weight excluding hydrogens is 532 g/mol. The van der Waals surface area contributed by atoms with E-state index in [1.54, 1.807) is 12.1 Å². The van der Waals surface area contributed by atoms with Crippen LogP contribution < -0.4 is 10.1 Å². The average Bonchev–Trinajstić information content (AvgIpc) is 3.56. The minimum Gasteiger partial charge on any atom is -0.435 e. The van der Waals surface area contributed by atoms with Gasteiger partial charge in [0.15, 0.2) is 15.0 Å². The number of hydrogen-bond donors (Lipinski definition) is 1. The van der Waals surface area contributed by atoms with Crippen LogP contribution in [0, 0.1) is 5.92 Å². The van der Waals surface area contributed by atoms with Gasteiger partial charge in [-0.05, 0) is 73.9 Å². The van der Waals surface area contributed by atoms with Crippen molar-refractivity contribution in [2.24, 2.45) is 5.92 Å². The fraction of sp³-hybridized carbons (Fsp3) is 0.440. The van der Waals surface area contributed by atoms with Crippen molar-refractivity contribution in [2.75, 3.05) is 5.32 Å². The van der Waals surface area contributed by atoms with Gasteiger partial charge in [-0.15, -0.1) is 0 Å². The highest BCUT2D eigenvalue weighted by Gasteiger charge is 2.39. The molecule has 2 aliphatic rings. The molecule has 1 N–H and O–H groups in total. The van der Waals surface area contributed by atoms with Crippen LogP contribution in [-0.4, -0.2) is 43.5 Å². The first-order valence-corrected chi connectivity index (χ1v) is 14.2. The number of amides is 1. The van der Waals surface area contributed by atoms with Gasteiger partial charge in [-0.25, -0.2) is 22.2 Å². The minimum atomic E-state index is -3.41. The number of nitrogens with one attached hydrogen (secondary N) is 1. The molecule has 6 nitrogen and oxygen atoms in total. The number of carbonyl (C=O) groups is 1. The first kappa shape index (κ1) is 25.9. The summed E-state index contributed by atoms with van der Waals surface area (Å²) < 4.78 is 82.8. The number of anilines is 1. The fourth-order valence-corrected chi connectivity index (χ4v) is 7.29. The third-order valence-corrected chi connectivity index (χ3v) is 10.00. The zero-order valence-electron chi connectivity index (χ0n) is 19.4. The molecule has 4 atom stereocenters. The Balaban J connectivity index is 1.38. The second-order valence-corrected chi connectivity index (χ2v) is 12.7. The Morgan fingerprint density at radius 3 is 2.38 bits per heavy atom. The molecule has 2 fully saturated rings. The number of benzene rings is 2. The fourth-order valence-electron chi connectivity index (χ4n) is 4.74. The maximum Gasteiger partial charge on any atom is 0.387 e. The molecule has 0 aliphatic heterocycles. The molecule has 37 heavy (non-hydrogen) atoms. The second-order valence-electron chi connectivity index (χ2n) is 9.49. The van der Waals surface area contributed by atoms with E-state index in [0.29, 0.717) is 28.6 Å². The number of sulfone groups is 1. The normalized spacial score (nSPS) is 22.9. The van der Waals surface area contributed by atoms with Crippen LogP contribution in [0.5, 0.6) is 5.75 Å². The lowest BCUT2D eigenvalue weighted by atomic mass is 9.87. The lowest BCUT2D eigenvalue weighted by Crippen LogP contribution is -2.23. The van der Waals surface area contributed by atoms with Crippen LogP contribution in [0.3, 0.4) is 0 Å². The van der Waals surface area contributed by atoms with Crippen molar-refractivity contribution >= 4 is 42.4 Å². The monoisotopic (exact) mass is 556 g/mol. The van der Waals surface area contributed by atoms with Gasteiger partial charge in [-0.1, -0.05) is 23.5 Å². The summed E-state index contributed by atoms with van der Waals surface area (Å²) in [5.74, 6) is -1.66. The Labute approximate surface area is 215 Å². The van der Waals surface area contributed by atoms with Gasteiger partial charge in [0.25, 0.3) is 0 Å². The lowest BCUT2D eigenvalue weighted by molar-refractivity contribution is -0.118. The molecule has 0 spiro atoms. The summed E-state index contributed by atoms with van der Waals surface area (Å²) in [7, 11) is -3.41. The Morgan fingerprint density at radius 1 is 1.08 bits per heavy atom. The van der Waals surface area contributed by atoms with Crippen LogP contribution in [0.25, 0.3) is 10.2 Å². The number of nitrogens with zero attached hydrogens (tertiary/aromatic N) is 1. The average molecular weight is 557 g/mol. The van der Waals surface area contributed by atoms with E-state index in [0.717, 1.165) is 11.3 Å². The standard InChI is InChI=1S/C25H24F4N2O4S2/c26-19-10-13(11-20(19)27)9-18(14-1-4-16(5-2-14)37(33,34)17-6-7-17)23(32)31-25-30-21-8-3-15(35-24(28)29)12-22(21)36-25/h1-5,8,12-13,17-20,24H,6-7,9-11H2,(H,30,31,32)/t13-,18-,19+,20-/m1/s1. The van der Waals surface area contributed by atoms with Crippen LogP contribution in [0.4, 0.5) is 22.7 Å². The highest BCUT2D eigenvalue weighted by Crippen LogP contribution is 2.39. The van der Waals surface area contributed by atoms with Crippen molar-refractivity contribution in [2.45, 2.75) is 67.1 Å². The van der Waals surface area contributed by atoms with Gasteiger partial charge < -0.3 is 10.1 Å². The molecular formula is C25H24F4N2O4S2. The molecule has 1 heterocycles. The van der Waals surface area contributed by atoms with E-state index < -0.39 is 40.6 Å². The SMILES string of the molecule is O=C(Nc1nc2ccc(OC(F)F)cc2s1)[C@H](C[C@H]1C[C@@H](F)[C@@H](F)C1)c1ccc(S(=O)(=O)C2CC2)cc1. The van der Waals surface area contributed by atoms with E-state index in [4.69, 9.17) is 0 Å². The largest absolute Gasteiger partial charge is 0.435 e. The third-order valence-electron chi connectivity index (χ3n) is 6.78. The summed E-state index contributed by atoms with van der Waals surface area (Å²) in [4.78, 5) is 17.9. The molecule has 12 heteroatoms. The van der Waals surface area contributed by atoms with Gasteiger partial charge in [0.2, 0.25) is 5.91 Å².